The smallest absolute Gasteiger partial charge is 0.399 e. The van der Waals surface area contributed by atoms with Crippen molar-refractivity contribution in [1.82, 2.24) is 14.9 Å². The Morgan fingerprint density at radius 3 is 2.40 bits per heavy atom. The summed E-state index contributed by atoms with van der Waals surface area (Å²) >= 11 is 0. The molecule has 2 fully saturated rings. The van der Waals surface area contributed by atoms with Gasteiger partial charge in [-0.2, -0.15) is 0 Å². The number of anilines is 1. The molecule has 2 saturated heterocycles. The number of likely N-dealkylation sites (N-methyl/N-ethyl adjacent to an activating group) is 1. The quantitative estimate of drug-likeness (QED) is 0.767. The van der Waals surface area contributed by atoms with Crippen molar-refractivity contribution < 1.29 is 14.4 Å². The summed E-state index contributed by atoms with van der Waals surface area (Å²) in [4.78, 5) is 13.4. The molecule has 1 N–H and O–H groups in total. The molecule has 0 aromatic carbocycles. The average Bonchev–Trinajstić information content (AvgIpc) is 3.10. The second-order valence-corrected chi connectivity index (χ2v) is 7.98. The van der Waals surface area contributed by atoms with Crippen molar-refractivity contribution in [3.63, 3.8) is 0 Å². The van der Waals surface area contributed by atoms with Gasteiger partial charge in [0.1, 0.15) is 0 Å². The molecule has 0 radical (unpaired) electrons. The molecule has 2 aliphatic rings. The van der Waals surface area contributed by atoms with E-state index in [0.717, 1.165) is 31.5 Å². The summed E-state index contributed by atoms with van der Waals surface area (Å²) in [5.74, 6) is 0.705. The number of aliphatic hydroxyl groups excluding tert-OH is 1. The molecule has 3 rings (SSSR count). The summed E-state index contributed by atoms with van der Waals surface area (Å²) < 4.78 is 12.1. The fourth-order valence-electron chi connectivity index (χ4n) is 3.25. The summed E-state index contributed by atoms with van der Waals surface area (Å²) in [5, 5.41) is 9.07. The Morgan fingerprint density at radius 2 is 1.84 bits per heavy atom. The summed E-state index contributed by atoms with van der Waals surface area (Å²) in [6, 6.07) is 0.370. The molecule has 138 valence electrons. The monoisotopic (exact) mass is 348 g/mol. The normalized spacial score (nSPS) is 25.5. The highest BCUT2D eigenvalue weighted by atomic mass is 16.7. The van der Waals surface area contributed by atoms with Crippen LogP contribution in [0.3, 0.4) is 0 Å². The zero-order valence-electron chi connectivity index (χ0n) is 15.9. The van der Waals surface area contributed by atoms with Crippen molar-refractivity contribution in [2.24, 2.45) is 0 Å². The van der Waals surface area contributed by atoms with E-state index in [1.54, 1.807) is 12.4 Å². The van der Waals surface area contributed by atoms with Gasteiger partial charge in [-0.15, -0.1) is 0 Å². The van der Waals surface area contributed by atoms with E-state index in [9.17, 15) is 0 Å². The first-order valence-electron chi connectivity index (χ1n) is 8.97. The van der Waals surface area contributed by atoms with E-state index in [2.05, 4.69) is 19.8 Å². The lowest BCUT2D eigenvalue weighted by Gasteiger charge is -2.32. The predicted molar refractivity (Wildman–Crippen MR) is 98.1 cm³/mol. The molecule has 0 amide bonds. The van der Waals surface area contributed by atoms with Crippen LogP contribution in [0.2, 0.25) is 0 Å². The van der Waals surface area contributed by atoms with Crippen LogP contribution in [-0.4, -0.2) is 77.6 Å². The van der Waals surface area contributed by atoms with Gasteiger partial charge in [0.15, 0.2) is 0 Å². The third kappa shape index (κ3) is 3.67. The first kappa shape index (κ1) is 18.6. The van der Waals surface area contributed by atoms with Gasteiger partial charge in [-0.25, -0.2) is 9.97 Å². The van der Waals surface area contributed by atoms with E-state index in [0.29, 0.717) is 12.0 Å². The minimum atomic E-state index is -0.434. The van der Waals surface area contributed by atoms with Crippen LogP contribution < -0.4 is 10.4 Å². The van der Waals surface area contributed by atoms with E-state index in [1.165, 1.54) is 0 Å². The van der Waals surface area contributed by atoms with Crippen molar-refractivity contribution in [3.8, 4) is 0 Å². The second kappa shape index (κ2) is 6.83. The Balaban J connectivity index is 1.65. The van der Waals surface area contributed by atoms with Crippen LogP contribution in [0.25, 0.3) is 0 Å². The molecule has 0 bridgehead atoms. The molecule has 2 aliphatic heterocycles. The van der Waals surface area contributed by atoms with Gasteiger partial charge in [0.25, 0.3) is 0 Å². The van der Waals surface area contributed by atoms with Crippen LogP contribution in [0.15, 0.2) is 12.4 Å². The fraction of sp³-hybridized carbons (Fsp3) is 0.765. The van der Waals surface area contributed by atoms with Crippen molar-refractivity contribution in [1.29, 1.82) is 0 Å². The van der Waals surface area contributed by atoms with Crippen LogP contribution in [-0.2, 0) is 9.31 Å². The van der Waals surface area contributed by atoms with Gasteiger partial charge in [0, 0.05) is 50.6 Å². The van der Waals surface area contributed by atoms with E-state index in [-0.39, 0.29) is 17.8 Å². The average molecular weight is 348 g/mol. The molecule has 1 aromatic heterocycles. The number of rotatable bonds is 5. The Kier molecular flexibility index (Phi) is 5.08. The molecule has 25 heavy (non-hydrogen) atoms. The molecule has 0 saturated carbocycles. The van der Waals surface area contributed by atoms with E-state index in [1.807, 2.05) is 34.7 Å². The van der Waals surface area contributed by atoms with Gasteiger partial charge >= 0.3 is 7.12 Å². The number of nitrogens with zero attached hydrogens (tertiary/aromatic N) is 4. The van der Waals surface area contributed by atoms with E-state index in [4.69, 9.17) is 14.4 Å². The van der Waals surface area contributed by atoms with Gasteiger partial charge in [-0.1, -0.05) is 0 Å². The molecule has 1 aromatic rings. The molecule has 1 atom stereocenters. The number of aliphatic hydroxyl groups is 1. The minimum absolute atomic E-state index is 0.204. The maximum atomic E-state index is 9.07. The van der Waals surface area contributed by atoms with Crippen LogP contribution >= 0.6 is 0 Å². The van der Waals surface area contributed by atoms with Gasteiger partial charge in [-0.05, 0) is 34.1 Å². The van der Waals surface area contributed by atoms with Crippen LogP contribution in [0.4, 0.5) is 5.95 Å². The predicted octanol–water partition coefficient (Wildman–Crippen LogP) is 0.279. The fourth-order valence-corrected chi connectivity index (χ4v) is 3.25. The summed E-state index contributed by atoms with van der Waals surface area (Å²) in [7, 11) is 1.59. The van der Waals surface area contributed by atoms with Crippen LogP contribution in [0, 0.1) is 0 Å². The number of hydrogen-bond acceptors (Lipinski definition) is 7. The maximum absolute atomic E-state index is 9.07. The van der Waals surface area contributed by atoms with Crippen molar-refractivity contribution in [3.05, 3.63) is 12.4 Å². The van der Waals surface area contributed by atoms with E-state index < -0.39 is 7.12 Å². The largest absolute Gasteiger partial charge is 0.498 e. The maximum Gasteiger partial charge on any atom is 0.498 e. The topological polar surface area (TPSA) is 71.0 Å². The molecular weight excluding hydrogens is 319 g/mol. The zero-order chi connectivity index (χ0) is 18.2. The molecule has 7 nitrogen and oxygen atoms in total. The minimum Gasteiger partial charge on any atom is -0.399 e. The van der Waals surface area contributed by atoms with Gasteiger partial charge in [-0.3, -0.25) is 4.90 Å². The van der Waals surface area contributed by atoms with Crippen LogP contribution in [0.5, 0.6) is 0 Å². The summed E-state index contributed by atoms with van der Waals surface area (Å²) in [5.41, 5.74) is 0.101. The Morgan fingerprint density at radius 1 is 1.24 bits per heavy atom. The SMILES string of the molecule is CN(c1ncc(B2OC(C)(C)C(C)(C)O2)cn1)C1CCN(CCO)C1. The van der Waals surface area contributed by atoms with Crippen molar-refractivity contribution in [2.75, 3.05) is 38.2 Å². The number of β-amino-alcohol motifs (C(OH)–C–C–N with tert-alkyl or cyclic N) is 1. The van der Waals surface area contributed by atoms with Crippen LogP contribution in [0.1, 0.15) is 34.1 Å². The molecule has 3 heterocycles. The Labute approximate surface area is 150 Å². The van der Waals surface area contributed by atoms with Crippen molar-refractivity contribution >= 4 is 18.5 Å². The highest BCUT2D eigenvalue weighted by Gasteiger charge is 2.52. The third-order valence-corrected chi connectivity index (χ3v) is 5.71. The summed E-state index contributed by atoms with van der Waals surface area (Å²) in [6.07, 6.45) is 4.64. The zero-order valence-corrected chi connectivity index (χ0v) is 15.9. The third-order valence-electron chi connectivity index (χ3n) is 5.71. The molecule has 0 spiro atoms. The Hall–Kier alpha value is -1.22. The lowest BCUT2D eigenvalue weighted by atomic mass is 9.81. The number of likely N-dealkylation sites (tertiary alicyclic amines) is 1. The molecular formula is C17H29BN4O3. The highest BCUT2D eigenvalue weighted by Crippen LogP contribution is 2.36. The van der Waals surface area contributed by atoms with Gasteiger partial charge in [0.05, 0.1) is 17.8 Å². The second-order valence-electron chi connectivity index (χ2n) is 7.98. The van der Waals surface area contributed by atoms with Gasteiger partial charge < -0.3 is 19.3 Å². The standard InChI is InChI=1S/C17H29BN4O3/c1-16(2)17(3,4)25-18(24-16)13-10-19-15(20-11-13)21(5)14-6-7-22(12-14)8-9-23/h10-11,14,23H,6-9,12H2,1-5H3. The first-order valence-corrected chi connectivity index (χ1v) is 8.97. The molecule has 8 heteroatoms. The highest BCUT2D eigenvalue weighted by molar-refractivity contribution is 6.61. The number of hydrogen-bond donors (Lipinski definition) is 1. The number of aromatic nitrogens is 2. The van der Waals surface area contributed by atoms with Gasteiger partial charge in [0.2, 0.25) is 5.95 Å². The Bertz CT molecular complexity index is 580. The lowest BCUT2D eigenvalue weighted by Crippen LogP contribution is -2.41. The lowest BCUT2D eigenvalue weighted by molar-refractivity contribution is 0.00578. The molecule has 0 aliphatic carbocycles. The van der Waals surface area contributed by atoms with E-state index >= 15 is 0 Å². The summed E-state index contributed by atoms with van der Waals surface area (Å²) in [6.45, 7) is 11.0. The van der Waals surface area contributed by atoms with Crippen molar-refractivity contribution in [2.45, 2.75) is 51.4 Å². The first-order chi connectivity index (χ1) is 11.7. The molecule has 1 unspecified atom stereocenters.